The maximum absolute atomic E-state index is 16.4. The van der Waals surface area contributed by atoms with Crippen LogP contribution in [0.15, 0.2) is 47.3 Å². The smallest absolute Gasteiger partial charge is 0.245 e. The number of halogens is 2. The second-order valence-corrected chi connectivity index (χ2v) is 13.8. The molecular formula is C36H40BrFN6O4. The van der Waals surface area contributed by atoms with E-state index in [1.165, 1.54) is 16.5 Å². The highest BCUT2D eigenvalue weighted by Gasteiger charge is 2.49. The lowest BCUT2D eigenvalue weighted by Gasteiger charge is -2.24. The Morgan fingerprint density at radius 2 is 1.79 bits per heavy atom. The van der Waals surface area contributed by atoms with E-state index in [0.717, 1.165) is 61.6 Å². The van der Waals surface area contributed by atoms with Crippen molar-refractivity contribution in [1.29, 1.82) is 0 Å². The molecular weight excluding hydrogens is 679 g/mol. The van der Waals surface area contributed by atoms with E-state index >= 15 is 4.39 Å². The number of fused-ring (bicyclic) bond motifs is 4. The van der Waals surface area contributed by atoms with Crippen LogP contribution in [0.2, 0.25) is 0 Å². The minimum atomic E-state index is -1.88. The third-order valence-electron chi connectivity index (χ3n) is 9.29. The number of ketones is 2. The highest BCUT2D eigenvalue weighted by atomic mass is 79.9. The van der Waals surface area contributed by atoms with Gasteiger partial charge in [-0.1, -0.05) is 37.8 Å². The quantitative estimate of drug-likeness (QED) is 0.181. The summed E-state index contributed by atoms with van der Waals surface area (Å²) in [6.45, 7) is 2.94. The van der Waals surface area contributed by atoms with Crippen LogP contribution in [0.25, 0.3) is 22.0 Å². The maximum Gasteiger partial charge on any atom is 0.245 e. The highest BCUT2D eigenvalue weighted by molar-refractivity contribution is 9.10. The van der Waals surface area contributed by atoms with Gasteiger partial charge in [-0.2, -0.15) is 5.10 Å². The van der Waals surface area contributed by atoms with Crippen LogP contribution in [-0.4, -0.2) is 78.6 Å². The largest absolute Gasteiger partial charge is 0.378 e. The Balaban J connectivity index is 1.29. The molecule has 0 N–H and O–H groups in total. The number of hydrogen-bond donors (Lipinski definition) is 0. The summed E-state index contributed by atoms with van der Waals surface area (Å²) in [6, 6.07) is 8.37. The summed E-state index contributed by atoms with van der Waals surface area (Å²) in [5.41, 5.74) is 2.15. The molecule has 252 valence electrons. The van der Waals surface area contributed by atoms with Crippen LogP contribution in [0.1, 0.15) is 79.4 Å². The fourth-order valence-corrected chi connectivity index (χ4v) is 7.09. The normalized spacial score (nSPS) is 21.2. The van der Waals surface area contributed by atoms with E-state index in [9.17, 15) is 14.4 Å². The fraction of sp³-hybridized carbons (Fsp3) is 0.472. The molecule has 6 rings (SSSR count). The number of ether oxygens (including phenoxy) is 1. The van der Waals surface area contributed by atoms with Gasteiger partial charge in [0.05, 0.1) is 36.8 Å². The monoisotopic (exact) mass is 718 g/mol. The first-order chi connectivity index (χ1) is 23.1. The van der Waals surface area contributed by atoms with Gasteiger partial charge in [-0.05, 0) is 71.4 Å². The number of carbonyl (C=O) groups excluding carboxylic acids is 3. The van der Waals surface area contributed by atoms with Crippen LogP contribution < -0.4 is 0 Å². The van der Waals surface area contributed by atoms with E-state index in [4.69, 9.17) is 4.74 Å². The molecule has 5 heterocycles. The first-order valence-electron chi connectivity index (χ1n) is 16.6. The predicted octanol–water partition coefficient (Wildman–Crippen LogP) is 6.20. The molecule has 0 saturated carbocycles. The van der Waals surface area contributed by atoms with Crippen molar-refractivity contribution in [2.24, 2.45) is 0 Å². The van der Waals surface area contributed by atoms with Crippen LogP contribution in [-0.2, 0) is 33.7 Å². The van der Waals surface area contributed by atoms with Gasteiger partial charge in [0.25, 0.3) is 0 Å². The van der Waals surface area contributed by atoms with Gasteiger partial charge in [-0.3, -0.25) is 19.1 Å². The first-order valence-corrected chi connectivity index (χ1v) is 17.4. The maximum atomic E-state index is 16.4. The van der Waals surface area contributed by atoms with Gasteiger partial charge in [0.15, 0.2) is 17.2 Å². The highest BCUT2D eigenvalue weighted by Crippen LogP contribution is 2.34. The number of carbonyl (C=O) groups is 3. The van der Waals surface area contributed by atoms with Crippen molar-refractivity contribution in [3.8, 4) is 11.1 Å². The van der Waals surface area contributed by atoms with E-state index in [1.807, 2.05) is 24.3 Å². The molecule has 1 aromatic carbocycles. The molecule has 1 fully saturated rings. The van der Waals surface area contributed by atoms with Crippen molar-refractivity contribution in [2.45, 2.75) is 89.9 Å². The predicted molar refractivity (Wildman–Crippen MR) is 182 cm³/mol. The third-order valence-corrected chi connectivity index (χ3v) is 9.73. The molecule has 0 spiro atoms. The Bertz CT molecular complexity index is 1830. The van der Waals surface area contributed by atoms with Gasteiger partial charge in [0.2, 0.25) is 5.91 Å². The van der Waals surface area contributed by atoms with Crippen LogP contribution in [0.5, 0.6) is 0 Å². The number of likely N-dealkylation sites (tertiary alicyclic amines) is 1. The van der Waals surface area contributed by atoms with Crippen LogP contribution in [0.4, 0.5) is 4.39 Å². The second kappa shape index (κ2) is 14.7. The van der Waals surface area contributed by atoms with Crippen molar-refractivity contribution in [3.05, 3.63) is 70.1 Å². The Labute approximate surface area is 287 Å². The van der Waals surface area contributed by atoms with Crippen LogP contribution in [0.3, 0.4) is 0 Å². The van der Waals surface area contributed by atoms with Gasteiger partial charge < -0.3 is 9.64 Å². The van der Waals surface area contributed by atoms with Crippen molar-refractivity contribution >= 4 is 44.3 Å². The van der Waals surface area contributed by atoms with Gasteiger partial charge in [0.1, 0.15) is 22.7 Å². The minimum absolute atomic E-state index is 0.00908. The molecule has 1 saturated heterocycles. The molecule has 2 aliphatic heterocycles. The lowest BCUT2D eigenvalue weighted by molar-refractivity contribution is -0.138. The molecule has 0 radical (unpaired) electrons. The lowest BCUT2D eigenvalue weighted by Crippen LogP contribution is -2.43. The number of aryl methyl sites for hydroxylation is 2. The number of hydrogen-bond acceptors (Lipinski definition) is 8. The lowest BCUT2D eigenvalue weighted by atomic mass is 9.96. The Morgan fingerprint density at radius 3 is 2.56 bits per heavy atom. The number of amides is 1. The molecule has 2 atom stereocenters. The molecule has 0 aliphatic carbocycles. The molecule has 10 nitrogen and oxygen atoms in total. The number of aromatic nitrogens is 5. The molecule has 12 heteroatoms. The number of rotatable bonds is 4. The van der Waals surface area contributed by atoms with Crippen molar-refractivity contribution in [1.82, 2.24) is 29.6 Å². The summed E-state index contributed by atoms with van der Waals surface area (Å²) >= 11 is 3.44. The summed E-state index contributed by atoms with van der Waals surface area (Å²) in [5, 5.41) is 5.10. The standard InChI is InChI=1S/C36H40BrFN6O4/c1-23(45)35-28-15-26(27-18-39-24(2)40-19-27)10-12-30(28)44(42-35)20-34(47)43-21-36(38)17-31(43)32(46)16-29-25(11-13-33(37)41-29)9-7-5-3-4-6-8-14-48-22-36/h10-13,15,18-19,31H,3-9,14,16-17,20-22H2,1-2H3/t31-,36+/m0/s1. The van der Waals surface area contributed by atoms with Gasteiger partial charge in [0, 0.05) is 43.3 Å². The van der Waals surface area contributed by atoms with Crippen molar-refractivity contribution in [3.63, 3.8) is 0 Å². The molecule has 48 heavy (non-hydrogen) atoms. The van der Waals surface area contributed by atoms with Crippen LogP contribution >= 0.6 is 15.9 Å². The summed E-state index contributed by atoms with van der Waals surface area (Å²) < 4.78 is 24.3. The molecule has 2 aliphatic rings. The number of pyridine rings is 1. The summed E-state index contributed by atoms with van der Waals surface area (Å²) in [4.78, 5) is 55.2. The van der Waals surface area contributed by atoms with E-state index in [-0.39, 0.29) is 49.8 Å². The first kappa shape index (κ1) is 34.0. The van der Waals surface area contributed by atoms with Crippen molar-refractivity contribution < 1.29 is 23.5 Å². The zero-order valence-corrected chi connectivity index (χ0v) is 29.0. The van der Waals surface area contributed by atoms with Gasteiger partial charge in [-0.15, -0.1) is 0 Å². The van der Waals surface area contributed by atoms with Gasteiger partial charge >= 0.3 is 0 Å². The Kier molecular flexibility index (Phi) is 10.4. The van der Waals surface area contributed by atoms with E-state index in [1.54, 1.807) is 25.4 Å². The van der Waals surface area contributed by atoms with Crippen molar-refractivity contribution in [2.75, 3.05) is 19.8 Å². The molecule has 4 aromatic rings. The number of Topliss-reactive ketones (excluding diaryl/α,β-unsaturated/α-hetero) is 2. The zero-order chi connectivity index (χ0) is 33.8. The average molecular weight is 720 g/mol. The third kappa shape index (κ3) is 7.70. The van der Waals surface area contributed by atoms with E-state index in [2.05, 4.69) is 36.0 Å². The minimum Gasteiger partial charge on any atom is -0.378 e. The zero-order valence-electron chi connectivity index (χ0n) is 27.4. The average Bonchev–Trinajstić information content (AvgIpc) is 3.61. The Hall–Kier alpha value is -3.90. The Morgan fingerprint density at radius 1 is 1.04 bits per heavy atom. The van der Waals surface area contributed by atoms with E-state index in [0.29, 0.717) is 33.6 Å². The summed E-state index contributed by atoms with van der Waals surface area (Å²) in [7, 11) is 0. The summed E-state index contributed by atoms with van der Waals surface area (Å²) in [5.74, 6) is -0.333. The number of benzene rings is 1. The fourth-order valence-electron chi connectivity index (χ4n) is 6.74. The summed E-state index contributed by atoms with van der Waals surface area (Å²) in [6.07, 6.45) is 10.2. The van der Waals surface area contributed by atoms with Crippen LogP contribution in [0, 0.1) is 6.92 Å². The van der Waals surface area contributed by atoms with E-state index < -0.39 is 17.6 Å². The second-order valence-electron chi connectivity index (χ2n) is 13.0. The topological polar surface area (TPSA) is 120 Å². The number of alkyl halides is 1. The molecule has 3 aromatic heterocycles. The molecule has 0 unspecified atom stereocenters. The number of nitrogens with zero attached hydrogens (tertiary/aromatic N) is 6. The molecule has 1 amide bonds. The SMILES string of the molecule is CC(=O)c1nn(CC(=O)N2C[C@@]3(F)COCCCCCCCCc4ccc(Br)nc4CC(=O)[C@@H]2C3)c2ccc(-c3cnc(C)nc3)cc12. The van der Waals surface area contributed by atoms with Gasteiger partial charge in [-0.25, -0.2) is 19.3 Å². The molecule has 2 bridgehead atoms.